The number of nitrogens with one attached hydrogen (secondary N) is 1. The van der Waals surface area contributed by atoms with Crippen LogP contribution in [0.2, 0.25) is 0 Å². The molecule has 0 radical (unpaired) electrons. The highest BCUT2D eigenvalue weighted by atomic mass is 16.3. The first-order chi connectivity index (χ1) is 13.7. The minimum Gasteiger partial charge on any atom is -0.395 e. The largest absolute Gasteiger partial charge is 0.395 e. The molecule has 0 amide bonds. The van der Waals surface area contributed by atoms with E-state index < -0.39 is 5.54 Å². The molecular weight excluding hydrogens is 350 g/mol. The number of pyridine rings is 3. The minimum absolute atomic E-state index is 0.0436. The smallest absolute Gasteiger partial charge is 0.0556 e. The van der Waals surface area contributed by atoms with Crippen LogP contribution in [0.5, 0.6) is 0 Å². The summed E-state index contributed by atoms with van der Waals surface area (Å²) in [6, 6.07) is 17.5. The summed E-state index contributed by atoms with van der Waals surface area (Å²) in [7, 11) is 0. The molecule has 0 bridgehead atoms. The molecule has 146 valence electrons. The Hall–Kier alpha value is -2.67. The van der Waals surface area contributed by atoms with Gasteiger partial charge in [0, 0.05) is 73.1 Å². The lowest BCUT2D eigenvalue weighted by Crippen LogP contribution is -2.61. The standard InChI is InChI=1S/C22H27N5O/c23-22(16-19-8-2-5-11-25-19,17-20-9-3-6-12-26-20)21(27-13-14-28)15-18-7-1-4-10-24-18/h1-12,21,27-28H,13-17,23H2. The first-order valence-corrected chi connectivity index (χ1v) is 9.52. The maximum absolute atomic E-state index is 9.38. The van der Waals surface area contributed by atoms with Crippen molar-refractivity contribution in [3.8, 4) is 0 Å². The zero-order valence-corrected chi connectivity index (χ0v) is 15.9. The van der Waals surface area contributed by atoms with Crippen LogP contribution in [-0.2, 0) is 19.3 Å². The average Bonchev–Trinajstić information content (AvgIpc) is 2.73. The number of hydrogen-bond acceptors (Lipinski definition) is 6. The predicted molar refractivity (Wildman–Crippen MR) is 110 cm³/mol. The third-order valence-electron chi connectivity index (χ3n) is 4.81. The number of aromatic nitrogens is 3. The Morgan fingerprint density at radius 2 is 1.32 bits per heavy atom. The second-order valence-electron chi connectivity index (χ2n) is 6.98. The van der Waals surface area contributed by atoms with Gasteiger partial charge in [0.2, 0.25) is 0 Å². The third-order valence-corrected chi connectivity index (χ3v) is 4.81. The zero-order chi connectivity index (χ0) is 19.7. The Bertz CT molecular complexity index is 773. The van der Waals surface area contributed by atoms with E-state index in [1.165, 1.54) is 0 Å². The molecule has 3 aromatic heterocycles. The summed E-state index contributed by atoms with van der Waals surface area (Å²) in [6.45, 7) is 0.503. The molecule has 0 aliphatic carbocycles. The molecule has 3 rings (SSSR count). The van der Waals surface area contributed by atoms with Crippen LogP contribution in [0.25, 0.3) is 0 Å². The third kappa shape index (κ3) is 5.66. The van der Waals surface area contributed by atoms with Crippen molar-refractivity contribution in [2.45, 2.75) is 30.8 Å². The van der Waals surface area contributed by atoms with E-state index in [9.17, 15) is 5.11 Å². The Balaban J connectivity index is 1.92. The van der Waals surface area contributed by atoms with Crippen molar-refractivity contribution in [1.82, 2.24) is 20.3 Å². The Kier molecular flexibility index (Phi) is 7.19. The fourth-order valence-electron chi connectivity index (χ4n) is 3.43. The molecule has 0 saturated carbocycles. The van der Waals surface area contributed by atoms with Crippen LogP contribution < -0.4 is 11.1 Å². The van der Waals surface area contributed by atoms with Crippen molar-refractivity contribution < 1.29 is 5.11 Å². The number of hydrogen-bond donors (Lipinski definition) is 3. The van der Waals surface area contributed by atoms with Crippen LogP contribution in [0, 0.1) is 0 Å². The van der Waals surface area contributed by atoms with E-state index in [1.807, 2.05) is 54.6 Å². The van der Waals surface area contributed by atoms with Gasteiger partial charge in [0.25, 0.3) is 0 Å². The molecule has 3 heterocycles. The maximum Gasteiger partial charge on any atom is 0.0556 e. The van der Waals surface area contributed by atoms with Gasteiger partial charge >= 0.3 is 0 Å². The summed E-state index contributed by atoms with van der Waals surface area (Å²) >= 11 is 0. The summed E-state index contributed by atoms with van der Waals surface area (Å²) in [5.41, 5.74) is 9.20. The van der Waals surface area contributed by atoms with E-state index >= 15 is 0 Å². The van der Waals surface area contributed by atoms with Crippen LogP contribution in [0.3, 0.4) is 0 Å². The van der Waals surface area contributed by atoms with Gasteiger partial charge in [-0.15, -0.1) is 0 Å². The van der Waals surface area contributed by atoms with Gasteiger partial charge in [-0.1, -0.05) is 18.2 Å². The van der Waals surface area contributed by atoms with Crippen LogP contribution in [0.4, 0.5) is 0 Å². The monoisotopic (exact) mass is 377 g/mol. The van der Waals surface area contributed by atoms with Gasteiger partial charge in [-0.2, -0.15) is 0 Å². The highest BCUT2D eigenvalue weighted by Crippen LogP contribution is 2.22. The maximum atomic E-state index is 9.38. The molecule has 4 N–H and O–H groups in total. The van der Waals surface area contributed by atoms with E-state index in [2.05, 4.69) is 20.3 Å². The van der Waals surface area contributed by atoms with Gasteiger partial charge in [-0.25, -0.2) is 0 Å². The lowest BCUT2D eigenvalue weighted by atomic mass is 9.79. The fourth-order valence-corrected chi connectivity index (χ4v) is 3.43. The fraction of sp³-hybridized carbons (Fsp3) is 0.318. The van der Waals surface area contributed by atoms with Crippen LogP contribution in [-0.4, -0.2) is 44.8 Å². The van der Waals surface area contributed by atoms with Crippen molar-refractivity contribution in [3.05, 3.63) is 90.3 Å². The second kappa shape index (κ2) is 10.0. The van der Waals surface area contributed by atoms with E-state index in [0.717, 1.165) is 17.1 Å². The summed E-state index contributed by atoms with van der Waals surface area (Å²) in [4.78, 5) is 13.4. The molecule has 1 unspecified atom stereocenters. The van der Waals surface area contributed by atoms with E-state index in [-0.39, 0.29) is 12.6 Å². The molecule has 0 aliphatic rings. The van der Waals surface area contributed by atoms with Crippen molar-refractivity contribution in [3.63, 3.8) is 0 Å². The predicted octanol–water partition coefficient (Wildman–Crippen LogP) is 1.55. The molecule has 28 heavy (non-hydrogen) atoms. The summed E-state index contributed by atoms with van der Waals surface area (Å²) in [6.07, 6.45) is 7.17. The lowest BCUT2D eigenvalue weighted by molar-refractivity contribution is 0.241. The second-order valence-corrected chi connectivity index (χ2v) is 6.98. The molecule has 1 atom stereocenters. The number of aliphatic hydroxyl groups is 1. The Labute approximate surface area is 165 Å². The molecule has 6 nitrogen and oxygen atoms in total. The molecule has 0 fully saturated rings. The highest BCUT2D eigenvalue weighted by Gasteiger charge is 2.36. The highest BCUT2D eigenvalue weighted by molar-refractivity contribution is 5.18. The van der Waals surface area contributed by atoms with Crippen LogP contribution >= 0.6 is 0 Å². The average molecular weight is 377 g/mol. The summed E-state index contributed by atoms with van der Waals surface area (Å²) in [5, 5.41) is 12.8. The van der Waals surface area contributed by atoms with Gasteiger partial charge in [-0.3, -0.25) is 15.0 Å². The molecule has 6 heteroatoms. The SMILES string of the molecule is NC(Cc1ccccn1)(Cc1ccccn1)C(Cc1ccccn1)NCCO. The number of aliphatic hydroxyl groups excluding tert-OH is 1. The van der Waals surface area contributed by atoms with Crippen molar-refractivity contribution in [2.75, 3.05) is 13.2 Å². The summed E-state index contributed by atoms with van der Waals surface area (Å²) < 4.78 is 0. The van der Waals surface area contributed by atoms with Crippen LogP contribution in [0.15, 0.2) is 73.2 Å². The number of rotatable bonds is 10. The lowest BCUT2D eigenvalue weighted by Gasteiger charge is -2.38. The normalized spacial score (nSPS) is 12.6. The number of nitrogens with two attached hydrogens (primary N) is 1. The molecule has 0 aliphatic heterocycles. The van der Waals surface area contributed by atoms with Crippen molar-refractivity contribution in [2.24, 2.45) is 5.73 Å². The van der Waals surface area contributed by atoms with E-state index in [4.69, 9.17) is 5.73 Å². The first kappa shape index (κ1) is 20.1. The van der Waals surface area contributed by atoms with Gasteiger partial charge in [0.1, 0.15) is 0 Å². The Morgan fingerprint density at radius 3 is 1.75 bits per heavy atom. The minimum atomic E-state index is -0.657. The topological polar surface area (TPSA) is 97.0 Å². The zero-order valence-electron chi connectivity index (χ0n) is 15.9. The van der Waals surface area contributed by atoms with Crippen molar-refractivity contribution >= 4 is 0 Å². The molecule has 0 aromatic carbocycles. The quantitative estimate of drug-likeness (QED) is 0.496. The summed E-state index contributed by atoms with van der Waals surface area (Å²) in [5.74, 6) is 0. The number of nitrogens with zero attached hydrogens (tertiary/aromatic N) is 3. The van der Waals surface area contributed by atoms with Crippen LogP contribution in [0.1, 0.15) is 17.1 Å². The van der Waals surface area contributed by atoms with Gasteiger partial charge in [-0.05, 0) is 36.4 Å². The van der Waals surface area contributed by atoms with Gasteiger partial charge < -0.3 is 16.2 Å². The molecule has 0 spiro atoms. The first-order valence-electron chi connectivity index (χ1n) is 9.52. The molecular formula is C22H27N5O. The van der Waals surface area contributed by atoms with E-state index in [1.54, 1.807) is 18.6 Å². The van der Waals surface area contributed by atoms with Gasteiger partial charge in [0.15, 0.2) is 0 Å². The van der Waals surface area contributed by atoms with E-state index in [0.29, 0.717) is 25.8 Å². The Morgan fingerprint density at radius 1 is 0.821 bits per heavy atom. The van der Waals surface area contributed by atoms with Gasteiger partial charge in [0.05, 0.1) is 6.61 Å². The molecule has 3 aromatic rings. The molecule has 0 saturated heterocycles. The van der Waals surface area contributed by atoms with Crippen molar-refractivity contribution in [1.29, 1.82) is 0 Å².